The molecule has 0 amide bonds. The largest absolute Gasteiger partial charge is 0.497 e. The number of aliphatic imine (C=N–C) groups is 1. The maximum absolute atomic E-state index is 5.34. The zero-order chi connectivity index (χ0) is 20.1. The van der Waals surface area contributed by atoms with E-state index in [1.807, 2.05) is 40.9 Å². The van der Waals surface area contributed by atoms with Gasteiger partial charge in [0.2, 0.25) is 0 Å². The lowest BCUT2D eigenvalue weighted by molar-refractivity contribution is 0.415. The smallest absolute Gasteiger partial charge is 0.191 e. The molecule has 0 bridgehead atoms. The Hall–Kier alpha value is -2.56. The van der Waals surface area contributed by atoms with E-state index in [4.69, 9.17) is 4.74 Å². The Kier molecular flexibility index (Phi) is 7.72. The quantitative estimate of drug-likeness (QED) is 0.295. The lowest BCUT2D eigenvalue weighted by Crippen LogP contribution is -2.40. The molecule has 4 rings (SSSR count). The second kappa shape index (κ2) is 10.5. The first-order valence-corrected chi connectivity index (χ1v) is 9.89. The van der Waals surface area contributed by atoms with Crippen molar-refractivity contribution in [3.63, 3.8) is 0 Å². The monoisotopic (exact) mass is 521 g/mol. The number of anilines is 1. The van der Waals surface area contributed by atoms with E-state index in [1.54, 1.807) is 14.2 Å². The van der Waals surface area contributed by atoms with Crippen LogP contribution in [0.25, 0.3) is 5.65 Å². The Balaban J connectivity index is 0.00000256. The average molecular weight is 521 g/mol. The van der Waals surface area contributed by atoms with E-state index in [0.717, 1.165) is 49.2 Å². The van der Waals surface area contributed by atoms with Gasteiger partial charge in [-0.15, -0.1) is 34.2 Å². The molecule has 0 spiro atoms. The molecule has 1 atom stereocenters. The Labute approximate surface area is 193 Å². The van der Waals surface area contributed by atoms with Crippen LogP contribution in [0.3, 0.4) is 0 Å². The van der Waals surface area contributed by atoms with Gasteiger partial charge in [-0.25, -0.2) is 0 Å². The Morgan fingerprint density at radius 3 is 2.93 bits per heavy atom. The van der Waals surface area contributed by atoms with Gasteiger partial charge in [0.25, 0.3) is 0 Å². The van der Waals surface area contributed by atoms with Crippen LogP contribution in [-0.4, -0.2) is 54.3 Å². The van der Waals surface area contributed by atoms with Crippen LogP contribution in [-0.2, 0) is 6.54 Å². The number of aromatic nitrogens is 3. The number of guanidine groups is 1. The van der Waals surface area contributed by atoms with Gasteiger partial charge in [0.05, 0.1) is 13.7 Å². The molecule has 2 N–H and O–H groups in total. The van der Waals surface area contributed by atoms with E-state index in [0.29, 0.717) is 12.5 Å². The number of rotatable bonds is 6. The molecule has 1 aliphatic rings. The molecule has 160 valence electrons. The molecular formula is C21H28IN7O. The molecule has 1 unspecified atom stereocenters. The zero-order valence-electron chi connectivity index (χ0n) is 17.3. The first-order valence-electron chi connectivity index (χ1n) is 9.89. The first-order chi connectivity index (χ1) is 14.3. The van der Waals surface area contributed by atoms with E-state index in [1.165, 1.54) is 5.69 Å². The van der Waals surface area contributed by atoms with Crippen LogP contribution in [0.5, 0.6) is 5.75 Å². The Morgan fingerprint density at radius 1 is 1.20 bits per heavy atom. The molecule has 30 heavy (non-hydrogen) atoms. The van der Waals surface area contributed by atoms with Crippen molar-refractivity contribution in [1.82, 2.24) is 25.2 Å². The van der Waals surface area contributed by atoms with Crippen LogP contribution in [0.15, 0.2) is 53.7 Å². The van der Waals surface area contributed by atoms with Crippen molar-refractivity contribution in [2.45, 2.75) is 13.0 Å². The SMILES string of the molecule is CN=C(NCc1nnc2ccccn12)NCC1CCN(c2cccc(OC)c2)C1.I. The molecule has 9 heteroatoms. The Morgan fingerprint density at radius 2 is 2.10 bits per heavy atom. The van der Waals surface area contributed by atoms with Gasteiger partial charge in [-0.3, -0.25) is 9.39 Å². The van der Waals surface area contributed by atoms with E-state index in [2.05, 4.69) is 42.9 Å². The number of pyridine rings is 1. The number of nitrogens with one attached hydrogen (secondary N) is 2. The van der Waals surface area contributed by atoms with Gasteiger partial charge in [0, 0.05) is 44.6 Å². The molecule has 1 aromatic carbocycles. The van der Waals surface area contributed by atoms with Crippen LogP contribution in [0.2, 0.25) is 0 Å². The average Bonchev–Trinajstić information content (AvgIpc) is 3.41. The standard InChI is InChI=1S/C21H27N7O.HI/c1-22-21(24-14-20-26-25-19-8-3-4-10-28(19)20)23-13-16-9-11-27(15-16)17-6-5-7-18(12-17)29-2;/h3-8,10,12,16H,9,11,13-15H2,1-2H3,(H2,22,23,24);1H. The van der Waals surface area contributed by atoms with Gasteiger partial charge in [0.1, 0.15) is 5.75 Å². The van der Waals surface area contributed by atoms with Crippen molar-refractivity contribution in [3.05, 3.63) is 54.5 Å². The lowest BCUT2D eigenvalue weighted by Gasteiger charge is -2.20. The third-order valence-electron chi connectivity index (χ3n) is 5.28. The summed E-state index contributed by atoms with van der Waals surface area (Å²) in [4.78, 5) is 6.75. The van der Waals surface area contributed by atoms with E-state index >= 15 is 0 Å². The lowest BCUT2D eigenvalue weighted by atomic mass is 10.1. The summed E-state index contributed by atoms with van der Waals surface area (Å²) < 4.78 is 7.32. The topological polar surface area (TPSA) is 79.1 Å². The van der Waals surface area contributed by atoms with Crippen molar-refractivity contribution in [2.75, 3.05) is 38.7 Å². The summed E-state index contributed by atoms with van der Waals surface area (Å²) in [5.41, 5.74) is 2.06. The highest BCUT2D eigenvalue weighted by Gasteiger charge is 2.23. The Bertz CT molecular complexity index is 990. The van der Waals surface area contributed by atoms with E-state index in [-0.39, 0.29) is 24.0 Å². The maximum atomic E-state index is 5.34. The molecule has 2 aromatic heterocycles. The van der Waals surface area contributed by atoms with Crippen molar-refractivity contribution < 1.29 is 4.74 Å². The first kappa shape index (κ1) is 22.1. The van der Waals surface area contributed by atoms with Crippen LogP contribution in [0, 0.1) is 5.92 Å². The number of fused-ring (bicyclic) bond motifs is 1. The molecular weight excluding hydrogens is 493 g/mol. The van der Waals surface area contributed by atoms with Gasteiger partial charge < -0.3 is 20.3 Å². The van der Waals surface area contributed by atoms with E-state index < -0.39 is 0 Å². The number of halogens is 1. The van der Waals surface area contributed by atoms with Gasteiger partial charge in [-0.05, 0) is 36.6 Å². The highest BCUT2D eigenvalue weighted by atomic mass is 127. The summed E-state index contributed by atoms with van der Waals surface area (Å²) in [6, 6.07) is 14.1. The summed E-state index contributed by atoms with van der Waals surface area (Å²) in [5.74, 6) is 3.09. The number of benzene rings is 1. The van der Waals surface area contributed by atoms with E-state index in [9.17, 15) is 0 Å². The summed E-state index contributed by atoms with van der Waals surface area (Å²) in [5, 5.41) is 15.2. The van der Waals surface area contributed by atoms with Crippen molar-refractivity contribution >= 4 is 41.3 Å². The minimum absolute atomic E-state index is 0. The molecule has 1 aliphatic heterocycles. The molecule has 1 fully saturated rings. The summed E-state index contributed by atoms with van der Waals surface area (Å²) in [6.45, 7) is 3.51. The second-order valence-electron chi connectivity index (χ2n) is 7.15. The summed E-state index contributed by atoms with van der Waals surface area (Å²) in [7, 11) is 3.49. The highest BCUT2D eigenvalue weighted by Crippen LogP contribution is 2.26. The maximum Gasteiger partial charge on any atom is 0.191 e. The van der Waals surface area contributed by atoms with Gasteiger partial charge >= 0.3 is 0 Å². The normalized spacial score (nSPS) is 16.4. The molecule has 1 saturated heterocycles. The third-order valence-corrected chi connectivity index (χ3v) is 5.28. The number of hydrogen-bond donors (Lipinski definition) is 2. The molecule has 0 saturated carbocycles. The third kappa shape index (κ3) is 5.13. The minimum Gasteiger partial charge on any atom is -0.497 e. The number of ether oxygens (including phenoxy) is 1. The summed E-state index contributed by atoms with van der Waals surface area (Å²) >= 11 is 0. The number of nitrogens with zero attached hydrogens (tertiary/aromatic N) is 5. The highest BCUT2D eigenvalue weighted by molar-refractivity contribution is 14.0. The van der Waals surface area contributed by atoms with Crippen LogP contribution in [0.1, 0.15) is 12.2 Å². The van der Waals surface area contributed by atoms with Crippen molar-refractivity contribution in [3.8, 4) is 5.75 Å². The fraction of sp³-hybridized carbons (Fsp3) is 0.381. The van der Waals surface area contributed by atoms with Crippen LogP contribution < -0.4 is 20.3 Å². The van der Waals surface area contributed by atoms with Crippen LogP contribution >= 0.6 is 24.0 Å². The molecule has 3 heterocycles. The fourth-order valence-corrected chi connectivity index (χ4v) is 3.68. The molecule has 8 nitrogen and oxygen atoms in total. The van der Waals surface area contributed by atoms with Gasteiger partial charge in [-0.1, -0.05) is 12.1 Å². The second-order valence-corrected chi connectivity index (χ2v) is 7.15. The minimum atomic E-state index is 0. The molecule has 3 aromatic rings. The van der Waals surface area contributed by atoms with Gasteiger partial charge in [0.15, 0.2) is 17.4 Å². The predicted octanol–water partition coefficient (Wildman–Crippen LogP) is 2.55. The molecule has 0 radical (unpaired) electrons. The number of methoxy groups -OCH3 is 1. The fourth-order valence-electron chi connectivity index (χ4n) is 3.68. The molecule has 0 aliphatic carbocycles. The zero-order valence-corrected chi connectivity index (χ0v) is 19.6. The predicted molar refractivity (Wildman–Crippen MR) is 130 cm³/mol. The van der Waals surface area contributed by atoms with Crippen molar-refractivity contribution in [1.29, 1.82) is 0 Å². The number of hydrogen-bond acceptors (Lipinski definition) is 5. The van der Waals surface area contributed by atoms with Crippen LogP contribution in [0.4, 0.5) is 5.69 Å². The van der Waals surface area contributed by atoms with Crippen molar-refractivity contribution in [2.24, 2.45) is 10.9 Å². The van der Waals surface area contributed by atoms with Gasteiger partial charge in [-0.2, -0.15) is 0 Å². The summed E-state index contributed by atoms with van der Waals surface area (Å²) in [6.07, 6.45) is 3.12.